The SMILES string of the molecule is CC(C)(C)NCc1ccc(COc2cncc(Br)c2)nc1. The molecule has 0 bridgehead atoms. The van der Waals surface area contributed by atoms with Gasteiger partial charge < -0.3 is 10.1 Å². The summed E-state index contributed by atoms with van der Waals surface area (Å²) in [5, 5.41) is 3.44. The van der Waals surface area contributed by atoms with Crippen LogP contribution in [0.25, 0.3) is 0 Å². The van der Waals surface area contributed by atoms with E-state index >= 15 is 0 Å². The van der Waals surface area contributed by atoms with E-state index in [0.717, 1.165) is 28.0 Å². The van der Waals surface area contributed by atoms with E-state index in [4.69, 9.17) is 4.74 Å². The fraction of sp³-hybridized carbons (Fsp3) is 0.375. The van der Waals surface area contributed by atoms with Crippen LogP contribution in [0.3, 0.4) is 0 Å². The van der Waals surface area contributed by atoms with Crippen molar-refractivity contribution in [3.63, 3.8) is 0 Å². The first-order valence-corrected chi connectivity index (χ1v) is 7.64. The highest BCUT2D eigenvalue weighted by Crippen LogP contribution is 2.16. The van der Waals surface area contributed by atoms with Crippen LogP contribution in [0.15, 0.2) is 41.3 Å². The average Bonchev–Trinajstić information content (AvgIpc) is 2.43. The van der Waals surface area contributed by atoms with Crippen molar-refractivity contribution in [2.75, 3.05) is 0 Å². The highest BCUT2D eigenvalue weighted by atomic mass is 79.9. The maximum atomic E-state index is 5.66. The number of nitrogens with one attached hydrogen (secondary N) is 1. The Labute approximate surface area is 134 Å². The van der Waals surface area contributed by atoms with Gasteiger partial charge in [-0.15, -0.1) is 0 Å². The zero-order valence-electron chi connectivity index (χ0n) is 12.6. The fourth-order valence-electron chi connectivity index (χ4n) is 1.64. The number of pyridine rings is 2. The summed E-state index contributed by atoms with van der Waals surface area (Å²) in [5.74, 6) is 0.727. The minimum absolute atomic E-state index is 0.107. The van der Waals surface area contributed by atoms with Gasteiger partial charge in [-0.2, -0.15) is 0 Å². The average molecular weight is 350 g/mol. The van der Waals surface area contributed by atoms with Gasteiger partial charge in [-0.25, -0.2) is 0 Å². The molecule has 0 saturated carbocycles. The smallest absolute Gasteiger partial charge is 0.139 e. The van der Waals surface area contributed by atoms with Crippen molar-refractivity contribution in [2.24, 2.45) is 0 Å². The highest BCUT2D eigenvalue weighted by Gasteiger charge is 2.08. The lowest BCUT2D eigenvalue weighted by Gasteiger charge is -2.20. The molecule has 0 aliphatic carbocycles. The molecule has 2 rings (SSSR count). The van der Waals surface area contributed by atoms with E-state index in [2.05, 4.69) is 58.1 Å². The van der Waals surface area contributed by atoms with Gasteiger partial charge in [0.05, 0.1) is 11.9 Å². The predicted octanol–water partition coefficient (Wildman–Crippen LogP) is 3.71. The summed E-state index contributed by atoms with van der Waals surface area (Å²) < 4.78 is 6.56. The molecule has 0 fully saturated rings. The van der Waals surface area contributed by atoms with Gasteiger partial charge in [0.1, 0.15) is 12.4 Å². The van der Waals surface area contributed by atoms with Crippen molar-refractivity contribution < 1.29 is 4.74 Å². The minimum atomic E-state index is 0.107. The Morgan fingerprint density at radius 1 is 1.19 bits per heavy atom. The zero-order valence-corrected chi connectivity index (χ0v) is 14.1. The quantitative estimate of drug-likeness (QED) is 0.893. The lowest BCUT2D eigenvalue weighted by atomic mass is 10.1. The second kappa shape index (κ2) is 7.00. The molecule has 21 heavy (non-hydrogen) atoms. The maximum absolute atomic E-state index is 5.66. The summed E-state index contributed by atoms with van der Waals surface area (Å²) in [7, 11) is 0. The normalized spacial score (nSPS) is 11.4. The summed E-state index contributed by atoms with van der Waals surface area (Å²) >= 11 is 3.37. The van der Waals surface area contributed by atoms with Gasteiger partial charge in [0.2, 0.25) is 0 Å². The van der Waals surface area contributed by atoms with Gasteiger partial charge >= 0.3 is 0 Å². The molecule has 4 nitrogen and oxygen atoms in total. The van der Waals surface area contributed by atoms with E-state index in [9.17, 15) is 0 Å². The Morgan fingerprint density at radius 3 is 2.62 bits per heavy atom. The van der Waals surface area contributed by atoms with Crippen molar-refractivity contribution in [1.29, 1.82) is 0 Å². The summed E-state index contributed by atoms with van der Waals surface area (Å²) in [4.78, 5) is 8.48. The van der Waals surface area contributed by atoms with Gasteiger partial charge in [0.15, 0.2) is 0 Å². The Bertz CT molecular complexity index is 579. The molecule has 0 amide bonds. The molecule has 0 saturated heterocycles. The number of rotatable bonds is 5. The molecule has 5 heteroatoms. The molecule has 1 N–H and O–H groups in total. The molecule has 0 aromatic carbocycles. The molecule has 0 unspecified atom stereocenters. The van der Waals surface area contributed by atoms with Crippen LogP contribution in [-0.2, 0) is 13.2 Å². The third-order valence-corrected chi connectivity index (χ3v) is 3.21. The highest BCUT2D eigenvalue weighted by molar-refractivity contribution is 9.10. The van der Waals surface area contributed by atoms with Crippen LogP contribution in [0.5, 0.6) is 5.75 Å². The summed E-state index contributed by atoms with van der Waals surface area (Å²) in [5.41, 5.74) is 2.17. The Morgan fingerprint density at radius 2 is 2.00 bits per heavy atom. The van der Waals surface area contributed by atoms with Gasteiger partial charge in [-0.3, -0.25) is 9.97 Å². The Hall–Kier alpha value is -1.46. The van der Waals surface area contributed by atoms with E-state index in [0.29, 0.717) is 6.61 Å². The zero-order chi connectivity index (χ0) is 15.3. The van der Waals surface area contributed by atoms with Crippen molar-refractivity contribution in [1.82, 2.24) is 15.3 Å². The van der Waals surface area contributed by atoms with Crippen molar-refractivity contribution >= 4 is 15.9 Å². The second-order valence-electron chi connectivity index (χ2n) is 5.89. The fourth-order valence-corrected chi connectivity index (χ4v) is 1.98. The van der Waals surface area contributed by atoms with Gasteiger partial charge in [-0.1, -0.05) is 6.07 Å². The van der Waals surface area contributed by atoms with Crippen LogP contribution in [-0.4, -0.2) is 15.5 Å². The number of aromatic nitrogens is 2. The minimum Gasteiger partial charge on any atom is -0.486 e. The Balaban J connectivity index is 1.87. The number of hydrogen-bond donors (Lipinski definition) is 1. The summed E-state index contributed by atoms with van der Waals surface area (Å²) in [6.45, 7) is 7.69. The second-order valence-corrected chi connectivity index (χ2v) is 6.80. The first kappa shape index (κ1) is 15.9. The number of halogens is 1. The molecule has 0 aliphatic rings. The van der Waals surface area contributed by atoms with Crippen LogP contribution in [0.4, 0.5) is 0 Å². The molecule has 0 radical (unpaired) electrons. The first-order valence-electron chi connectivity index (χ1n) is 6.84. The third-order valence-electron chi connectivity index (χ3n) is 2.78. The lowest BCUT2D eigenvalue weighted by Crippen LogP contribution is -2.35. The Kier molecular flexibility index (Phi) is 5.31. The van der Waals surface area contributed by atoms with E-state index < -0.39 is 0 Å². The number of nitrogens with zero attached hydrogens (tertiary/aromatic N) is 2. The predicted molar refractivity (Wildman–Crippen MR) is 87.1 cm³/mol. The van der Waals surface area contributed by atoms with E-state index in [-0.39, 0.29) is 5.54 Å². The lowest BCUT2D eigenvalue weighted by molar-refractivity contribution is 0.300. The van der Waals surface area contributed by atoms with E-state index in [1.807, 2.05) is 18.3 Å². The standard InChI is InChI=1S/C16H20BrN3O/c1-16(2,3)20-8-12-4-5-14(19-7-12)11-21-15-6-13(17)9-18-10-15/h4-7,9-10,20H,8,11H2,1-3H3. The van der Waals surface area contributed by atoms with Crippen LogP contribution >= 0.6 is 15.9 Å². The van der Waals surface area contributed by atoms with Crippen molar-refractivity contribution in [3.8, 4) is 5.75 Å². The monoisotopic (exact) mass is 349 g/mol. The third kappa shape index (κ3) is 5.81. The molecule has 0 atom stereocenters. The molecule has 2 aromatic heterocycles. The van der Waals surface area contributed by atoms with Crippen LogP contribution < -0.4 is 10.1 Å². The molecular formula is C16H20BrN3O. The molecular weight excluding hydrogens is 330 g/mol. The summed E-state index contributed by atoms with van der Waals surface area (Å²) in [6.07, 6.45) is 5.30. The first-order chi connectivity index (χ1) is 9.92. The van der Waals surface area contributed by atoms with E-state index in [1.54, 1.807) is 12.4 Å². The molecule has 0 spiro atoms. The van der Waals surface area contributed by atoms with Crippen molar-refractivity contribution in [3.05, 3.63) is 52.5 Å². The largest absolute Gasteiger partial charge is 0.486 e. The van der Waals surface area contributed by atoms with Crippen LogP contribution in [0, 0.1) is 0 Å². The van der Waals surface area contributed by atoms with Gasteiger partial charge in [0, 0.05) is 29.0 Å². The van der Waals surface area contributed by atoms with Gasteiger partial charge in [0.25, 0.3) is 0 Å². The maximum Gasteiger partial charge on any atom is 0.139 e. The molecule has 0 aliphatic heterocycles. The van der Waals surface area contributed by atoms with E-state index in [1.165, 1.54) is 0 Å². The van der Waals surface area contributed by atoms with Crippen molar-refractivity contribution in [2.45, 2.75) is 39.5 Å². The molecule has 2 aromatic rings. The summed E-state index contributed by atoms with van der Waals surface area (Å²) in [6, 6.07) is 5.95. The molecule has 112 valence electrons. The molecule has 2 heterocycles. The van der Waals surface area contributed by atoms with Crippen LogP contribution in [0.1, 0.15) is 32.0 Å². The number of hydrogen-bond acceptors (Lipinski definition) is 4. The number of ether oxygens (including phenoxy) is 1. The van der Waals surface area contributed by atoms with Crippen LogP contribution in [0.2, 0.25) is 0 Å². The topological polar surface area (TPSA) is 47.0 Å². The van der Waals surface area contributed by atoms with Gasteiger partial charge in [-0.05, 0) is 54.4 Å².